The van der Waals surface area contributed by atoms with E-state index < -0.39 is 23.4 Å². The molecule has 2 aromatic carbocycles. The van der Waals surface area contributed by atoms with Crippen LogP contribution in [0.2, 0.25) is 0 Å². The Balaban J connectivity index is 1.41. The first-order chi connectivity index (χ1) is 16.7. The lowest BCUT2D eigenvalue weighted by molar-refractivity contribution is -0.137. The van der Waals surface area contributed by atoms with Crippen LogP contribution in [0.5, 0.6) is 0 Å². The number of likely N-dealkylation sites (tertiary alicyclic amines) is 1. The minimum Gasteiger partial charge on any atom is -0.443 e. The summed E-state index contributed by atoms with van der Waals surface area (Å²) in [5.41, 5.74) is -0.969. The zero-order chi connectivity index (χ0) is 24.7. The number of aromatic nitrogens is 1. The molecule has 35 heavy (non-hydrogen) atoms. The van der Waals surface area contributed by atoms with Crippen LogP contribution in [0.15, 0.2) is 53.3 Å². The number of pyridine rings is 1. The number of aromatic amines is 1. The summed E-state index contributed by atoms with van der Waals surface area (Å²) in [6.07, 6.45) is -4.19. The average Bonchev–Trinajstić information content (AvgIpc) is 3.18. The number of ether oxygens (including phenoxy) is 1. The molecule has 1 amide bonds. The number of carbonyl (C=O) groups excluding carboxylic acids is 1. The van der Waals surface area contributed by atoms with Crippen molar-refractivity contribution in [2.75, 3.05) is 31.1 Å². The molecule has 184 valence electrons. The maximum Gasteiger partial charge on any atom is 0.417 e. The molecule has 3 heterocycles. The minimum atomic E-state index is -4.56. The summed E-state index contributed by atoms with van der Waals surface area (Å²) in [4.78, 5) is 31.4. The Morgan fingerprint density at radius 2 is 1.89 bits per heavy atom. The number of nitrogens with one attached hydrogen (secondary N) is 1. The van der Waals surface area contributed by atoms with Gasteiger partial charge in [0.2, 0.25) is 0 Å². The molecular weight excluding hydrogens is 463 g/mol. The van der Waals surface area contributed by atoms with Crippen LogP contribution in [-0.4, -0.2) is 59.5 Å². The number of H-pyrrole nitrogens is 1. The molecule has 0 aliphatic carbocycles. The number of β-amino-alcohol motifs (C(OH)–C–C–N with tert-alkyl or cyclic N) is 1. The van der Waals surface area contributed by atoms with E-state index >= 15 is 0 Å². The topological polar surface area (TPSA) is 85.9 Å². The van der Waals surface area contributed by atoms with Crippen LogP contribution in [0.3, 0.4) is 0 Å². The van der Waals surface area contributed by atoms with Gasteiger partial charge in [0.15, 0.2) is 0 Å². The van der Waals surface area contributed by atoms with Gasteiger partial charge in [-0.05, 0) is 49.0 Å². The van der Waals surface area contributed by atoms with Crippen LogP contribution >= 0.6 is 0 Å². The maximum absolute atomic E-state index is 13.5. The van der Waals surface area contributed by atoms with Crippen molar-refractivity contribution in [3.8, 4) is 11.3 Å². The normalized spacial score (nSPS) is 21.5. The fourth-order valence-electron chi connectivity index (χ4n) is 4.84. The van der Waals surface area contributed by atoms with Gasteiger partial charge in [0.1, 0.15) is 6.10 Å². The molecule has 2 unspecified atom stereocenters. The lowest BCUT2D eigenvalue weighted by atomic mass is 10.0. The first kappa shape index (κ1) is 23.4. The average molecular weight is 487 g/mol. The van der Waals surface area contributed by atoms with E-state index in [1.54, 1.807) is 18.2 Å². The molecule has 7 nitrogen and oxygen atoms in total. The molecule has 0 bridgehead atoms. The highest BCUT2D eigenvalue weighted by atomic mass is 19.4. The number of anilines is 1. The van der Waals surface area contributed by atoms with Crippen LogP contribution in [0.1, 0.15) is 18.4 Å². The second kappa shape index (κ2) is 9.01. The molecule has 3 aromatic rings. The maximum atomic E-state index is 13.5. The Bertz CT molecular complexity index is 1320. The van der Waals surface area contributed by atoms with Gasteiger partial charge in [0.05, 0.1) is 18.2 Å². The summed E-state index contributed by atoms with van der Waals surface area (Å²) in [5, 5.41) is 10.6. The predicted molar refractivity (Wildman–Crippen MR) is 124 cm³/mol. The molecule has 0 spiro atoms. The van der Waals surface area contributed by atoms with Gasteiger partial charge in [-0.15, -0.1) is 0 Å². The Kier molecular flexibility index (Phi) is 6.02. The van der Waals surface area contributed by atoms with Gasteiger partial charge in [-0.25, -0.2) is 4.79 Å². The molecule has 2 fully saturated rings. The number of aliphatic hydroxyl groups is 1. The van der Waals surface area contributed by atoms with Gasteiger partial charge in [0.25, 0.3) is 5.56 Å². The van der Waals surface area contributed by atoms with Gasteiger partial charge >= 0.3 is 12.3 Å². The van der Waals surface area contributed by atoms with Crippen molar-refractivity contribution < 1.29 is 27.8 Å². The minimum absolute atomic E-state index is 0.0625. The quantitative estimate of drug-likeness (QED) is 0.581. The monoisotopic (exact) mass is 487 g/mol. The molecular formula is C25H24F3N3O4. The SMILES string of the molecule is O=C1OC(CN2CCCC(O)C2)CN1c1ccc2cc(-c3ccccc3C(F)(F)F)[nH]c(=O)c2c1. The van der Waals surface area contributed by atoms with Gasteiger partial charge in [0, 0.05) is 35.4 Å². The van der Waals surface area contributed by atoms with E-state index in [0.29, 0.717) is 30.7 Å². The smallest absolute Gasteiger partial charge is 0.417 e. The summed E-state index contributed by atoms with van der Waals surface area (Å²) >= 11 is 0. The highest BCUT2D eigenvalue weighted by Gasteiger charge is 2.35. The van der Waals surface area contributed by atoms with Crippen LogP contribution in [0.4, 0.5) is 23.7 Å². The summed E-state index contributed by atoms with van der Waals surface area (Å²) in [7, 11) is 0. The standard InChI is InChI=1S/C25H24F3N3O4/c26-25(27,28)21-6-2-1-5-19(21)22-10-15-7-8-16(11-20(15)23(33)29-22)31-14-18(35-24(31)34)13-30-9-3-4-17(32)12-30/h1-2,5-8,10-11,17-18,32H,3-4,9,12-14H2,(H,29,33). The number of hydrogen-bond donors (Lipinski definition) is 2. The zero-order valence-electron chi connectivity index (χ0n) is 18.7. The van der Waals surface area contributed by atoms with Crippen molar-refractivity contribution in [2.24, 2.45) is 0 Å². The van der Waals surface area contributed by atoms with Crippen molar-refractivity contribution in [1.29, 1.82) is 0 Å². The first-order valence-corrected chi connectivity index (χ1v) is 11.4. The highest BCUT2D eigenvalue weighted by Crippen LogP contribution is 2.36. The van der Waals surface area contributed by atoms with Crippen molar-refractivity contribution in [2.45, 2.75) is 31.2 Å². The van der Waals surface area contributed by atoms with E-state index in [4.69, 9.17) is 4.74 Å². The second-order valence-corrected chi connectivity index (χ2v) is 9.00. The Hall–Kier alpha value is -3.37. The van der Waals surface area contributed by atoms with Crippen LogP contribution in [0, 0.1) is 0 Å². The fourth-order valence-corrected chi connectivity index (χ4v) is 4.84. The number of rotatable bonds is 4. The zero-order valence-corrected chi connectivity index (χ0v) is 18.7. The summed E-state index contributed by atoms with van der Waals surface area (Å²) in [6.45, 7) is 2.18. The van der Waals surface area contributed by atoms with Crippen LogP contribution in [-0.2, 0) is 10.9 Å². The first-order valence-electron chi connectivity index (χ1n) is 11.4. The number of amides is 1. The lowest BCUT2D eigenvalue weighted by Gasteiger charge is -2.31. The second-order valence-electron chi connectivity index (χ2n) is 9.00. The van der Waals surface area contributed by atoms with E-state index in [9.17, 15) is 27.9 Å². The molecule has 2 aliphatic heterocycles. The van der Waals surface area contributed by atoms with E-state index in [1.165, 1.54) is 29.2 Å². The number of alkyl halides is 3. The molecule has 2 atom stereocenters. The largest absolute Gasteiger partial charge is 0.443 e. The van der Waals surface area contributed by atoms with Crippen molar-refractivity contribution in [3.05, 3.63) is 64.4 Å². The van der Waals surface area contributed by atoms with E-state index in [1.807, 2.05) is 0 Å². The molecule has 0 saturated carbocycles. The number of hydrogen-bond acceptors (Lipinski definition) is 5. The molecule has 2 aliphatic rings. The van der Waals surface area contributed by atoms with Gasteiger partial charge < -0.3 is 14.8 Å². The number of benzene rings is 2. The molecule has 2 N–H and O–H groups in total. The van der Waals surface area contributed by atoms with Gasteiger partial charge in [-0.2, -0.15) is 13.2 Å². The van der Waals surface area contributed by atoms with Crippen molar-refractivity contribution in [1.82, 2.24) is 9.88 Å². The molecule has 0 radical (unpaired) electrons. The van der Waals surface area contributed by atoms with Crippen molar-refractivity contribution >= 4 is 22.6 Å². The third-order valence-corrected chi connectivity index (χ3v) is 6.48. The number of nitrogens with zero attached hydrogens (tertiary/aromatic N) is 2. The van der Waals surface area contributed by atoms with E-state index in [-0.39, 0.29) is 28.9 Å². The van der Waals surface area contributed by atoms with Gasteiger partial charge in [-0.3, -0.25) is 14.6 Å². The third-order valence-electron chi connectivity index (χ3n) is 6.48. The number of carbonyl (C=O) groups is 1. The Morgan fingerprint density at radius 1 is 1.09 bits per heavy atom. The highest BCUT2D eigenvalue weighted by molar-refractivity contribution is 5.94. The number of cyclic esters (lactones) is 1. The Morgan fingerprint density at radius 3 is 2.66 bits per heavy atom. The number of halogens is 3. The Labute approximate surface area is 198 Å². The predicted octanol–water partition coefficient (Wildman–Crippen LogP) is 4.00. The number of piperidine rings is 1. The number of fused-ring (bicyclic) bond motifs is 1. The van der Waals surface area contributed by atoms with E-state index in [0.717, 1.165) is 25.5 Å². The van der Waals surface area contributed by atoms with E-state index in [2.05, 4.69) is 9.88 Å². The summed E-state index contributed by atoms with van der Waals surface area (Å²) < 4.78 is 45.9. The van der Waals surface area contributed by atoms with Crippen molar-refractivity contribution in [3.63, 3.8) is 0 Å². The van der Waals surface area contributed by atoms with Crippen LogP contribution < -0.4 is 10.5 Å². The summed E-state index contributed by atoms with van der Waals surface area (Å²) in [5.74, 6) is 0. The molecule has 5 rings (SSSR count). The third kappa shape index (κ3) is 4.76. The number of aliphatic hydroxyl groups excluding tert-OH is 1. The molecule has 2 saturated heterocycles. The van der Waals surface area contributed by atoms with Gasteiger partial charge in [-0.1, -0.05) is 24.3 Å². The lowest BCUT2D eigenvalue weighted by Crippen LogP contribution is -2.43. The molecule has 1 aromatic heterocycles. The van der Waals surface area contributed by atoms with Crippen LogP contribution in [0.25, 0.3) is 22.0 Å². The summed E-state index contributed by atoms with van der Waals surface area (Å²) in [6, 6.07) is 11.4. The fraction of sp³-hybridized carbons (Fsp3) is 0.360. The molecule has 10 heteroatoms.